The SMILES string of the molecule is CNc1ncc(-c2ccn(C)n2)c2cc(Nc3ccc(C(C)(C)O)cn3)ncc12. The molecule has 4 rings (SSSR count). The van der Waals surface area contributed by atoms with Crippen molar-refractivity contribution in [1.82, 2.24) is 24.7 Å². The number of hydrogen-bond acceptors (Lipinski definition) is 7. The number of fused-ring (bicyclic) bond motifs is 1. The fourth-order valence-electron chi connectivity index (χ4n) is 3.13. The Labute approximate surface area is 168 Å². The number of pyridine rings is 3. The average molecular weight is 389 g/mol. The van der Waals surface area contributed by atoms with Gasteiger partial charge in [-0.05, 0) is 32.0 Å². The highest BCUT2D eigenvalue weighted by Crippen LogP contribution is 2.32. The minimum absolute atomic E-state index is 0.645. The van der Waals surface area contributed by atoms with Crippen molar-refractivity contribution in [2.45, 2.75) is 19.4 Å². The Balaban J connectivity index is 1.74. The zero-order valence-corrected chi connectivity index (χ0v) is 16.8. The number of hydrogen-bond donors (Lipinski definition) is 3. The van der Waals surface area contributed by atoms with Gasteiger partial charge in [-0.2, -0.15) is 5.10 Å². The topological polar surface area (TPSA) is 101 Å². The molecule has 0 aromatic carbocycles. The van der Waals surface area contributed by atoms with Crippen LogP contribution >= 0.6 is 0 Å². The van der Waals surface area contributed by atoms with Crippen molar-refractivity contribution in [3.05, 3.63) is 54.6 Å². The third-order valence-electron chi connectivity index (χ3n) is 4.72. The lowest BCUT2D eigenvalue weighted by Gasteiger charge is -2.17. The zero-order chi connectivity index (χ0) is 20.6. The highest BCUT2D eigenvalue weighted by Gasteiger charge is 2.16. The summed E-state index contributed by atoms with van der Waals surface area (Å²) in [5.41, 5.74) is 1.59. The van der Waals surface area contributed by atoms with Gasteiger partial charge in [0.2, 0.25) is 0 Å². The molecule has 148 valence electrons. The van der Waals surface area contributed by atoms with Gasteiger partial charge in [-0.25, -0.2) is 15.0 Å². The Kier molecular flexibility index (Phi) is 4.63. The van der Waals surface area contributed by atoms with Gasteiger partial charge in [0.25, 0.3) is 0 Å². The lowest BCUT2D eigenvalue weighted by Crippen LogP contribution is -2.15. The molecule has 4 heterocycles. The van der Waals surface area contributed by atoms with Gasteiger partial charge >= 0.3 is 0 Å². The van der Waals surface area contributed by atoms with Crippen LogP contribution < -0.4 is 10.6 Å². The molecule has 0 unspecified atom stereocenters. The minimum atomic E-state index is -0.930. The van der Waals surface area contributed by atoms with Crippen molar-refractivity contribution in [3.63, 3.8) is 0 Å². The van der Waals surface area contributed by atoms with Crippen LogP contribution in [-0.4, -0.2) is 36.9 Å². The molecule has 3 N–H and O–H groups in total. The minimum Gasteiger partial charge on any atom is -0.386 e. The van der Waals surface area contributed by atoms with Crippen molar-refractivity contribution in [2.24, 2.45) is 7.05 Å². The summed E-state index contributed by atoms with van der Waals surface area (Å²) >= 11 is 0. The first-order valence-electron chi connectivity index (χ1n) is 9.27. The number of nitrogens with zero attached hydrogens (tertiary/aromatic N) is 5. The smallest absolute Gasteiger partial charge is 0.135 e. The monoisotopic (exact) mass is 389 g/mol. The van der Waals surface area contributed by atoms with E-state index in [9.17, 15) is 5.11 Å². The molecule has 0 aliphatic carbocycles. The summed E-state index contributed by atoms with van der Waals surface area (Å²) in [4.78, 5) is 13.4. The molecule has 0 aliphatic heterocycles. The maximum Gasteiger partial charge on any atom is 0.135 e. The predicted octanol–water partition coefficient (Wildman–Crippen LogP) is 3.44. The summed E-state index contributed by atoms with van der Waals surface area (Å²) < 4.78 is 1.77. The summed E-state index contributed by atoms with van der Waals surface area (Å²) in [6.45, 7) is 3.46. The second-order valence-electron chi connectivity index (χ2n) is 7.38. The Morgan fingerprint density at radius 2 is 1.76 bits per heavy atom. The fraction of sp³-hybridized carbons (Fsp3) is 0.238. The van der Waals surface area contributed by atoms with Gasteiger partial charge in [0, 0.05) is 60.8 Å². The van der Waals surface area contributed by atoms with Crippen LogP contribution in [0.4, 0.5) is 17.5 Å². The molecule has 0 atom stereocenters. The van der Waals surface area contributed by atoms with E-state index in [2.05, 4.69) is 30.7 Å². The van der Waals surface area contributed by atoms with E-state index >= 15 is 0 Å². The third-order valence-corrected chi connectivity index (χ3v) is 4.72. The van der Waals surface area contributed by atoms with E-state index in [1.54, 1.807) is 30.9 Å². The lowest BCUT2D eigenvalue weighted by atomic mass is 10.0. The first-order valence-corrected chi connectivity index (χ1v) is 9.27. The lowest BCUT2D eigenvalue weighted by molar-refractivity contribution is 0.0782. The van der Waals surface area contributed by atoms with E-state index in [1.165, 1.54) is 0 Å². The van der Waals surface area contributed by atoms with Crippen molar-refractivity contribution < 1.29 is 5.11 Å². The van der Waals surface area contributed by atoms with Crippen molar-refractivity contribution >= 4 is 28.2 Å². The first kappa shape index (κ1) is 18.8. The molecular formula is C21H23N7O. The van der Waals surface area contributed by atoms with Gasteiger partial charge in [0.05, 0.1) is 11.3 Å². The van der Waals surface area contributed by atoms with Crippen LogP contribution in [0.25, 0.3) is 22.0 Å². The predicted molar refractivity (Wildman–Crippen MR) is 114 cm³/mol. The molecule has 0 spiro atoms. The van der Waals surface area contributed by atoms with E-state index in [1.807, 2.05) is 50.8 Å². The molecule has 0 amide bonds. The van der Waals surface area contributed by atoms with Crippen LogP contribution in [0.3, 0.4) is 0 Å². The largest absolute Gasteiger partial charge is 0.386 e. The number of rotatable bonds is 5. The van der Waals surface area contributed by atoms with E-state index in [4.69, 9.17) is 0 Å². The van der Waals surface area contributed by atoms with Gasteiger partial charge in [-0.1, -0.05) is 6.07 Å². The second kappa shape index (κ2) is 7.14. The highest BCUT2D eigenvalue weighted by atomic mass is 16.3. The standard InChI is InChI=1S/C21H23N7O/c1-21(2,29)13-5-6-18(23-10-13)26-19-9-14-15(17-7-8-28(4)27-17)11-25-20(22-3)16(14)12-24-19/h5-12,29H,1-4H3,(H,22,25)(H,23,24,26). The summed E-state index contributed by atoms with van der Waals surface area (Å²) in [6, 6.07) is 7.59. The summed E-state index contributed by atoms with van der Waals surface area (Å²) in [5.74, 6) is 2.06. The van der Waals surface area contributed by atoms with Crippen LogP contribution in [0.1, 0.15) is 19.4 Å². The molecule has 0 radical (unpaired) electrons. The van der Waals surface area contributed by atoms with Gasteiger partial charge in [0.15, 0.2) is 0 Å². The maximum atomic E-state index is 10.1. The molecule has 0 saturated carbocycles. The molecule has 4 aromatic rings. The Hall–Kier alpha value is -3.52. The van der Waals surface area contributed by atoms with E-state index in [0.29, 0.717) is 11.6 Å². The van der Waals surface area contributed by atoms with E-state index in [-0.39, 0.29) is 0 Å². The molecule has 29 heavy (non-hydrogen) atoms. The molecule has 4 aromatic heterocycles. The third kappa shape index (κ3) is 3.74. The van der Waals surface area contributed by atoms with Crippen LogP contribution in [0.5, 0.6) is 0 Å². The fourth-order valence-corrected chi connectivity index (χ4v) is 3.13. The summed E-state index contributed by atoms with van der Waals surface area (Å²) in [7, 11) is 3.72. The molecule has 8 nitrogen and oxygen atoms in total. The van der Waals surface area contributed by atoms with Crippen molar-refractivity contribution in [2.75, 3.05) is 17.7 Å². The molecule has 8 heteroatoms. The van der Waals surface area contributed by atoms with Gasteiger partial charge in [-0.3, -0.25) is 4.68 Å². The van der Waals surface area contributed by atoms with Crippen molar-refractivity contribution in [1.29, 1.82) is 0 Å². The quantitative estimate of drug-likeness (QED) is 0.481. The zero-order valence-electron chi connectivity index (χ0n) is 16.8. The maximum absolute atomic E-state index is 10.1. The second-order valence-corrected chi connectivity index (χ2v) is 7.38. The Morgan fingerprint density at radius 1 is 0.966 bits per heavy atom. The molecule has 0 bridgehead atoms. The molecule has 0 fully saturated rings. The molecular weight excluding hydrogens is 366 g/mol. The van der Waals surface area contributed by atoms with Gasteiger partial charge < -0.3 is 15.7 Å². The number of aromatic nitrogens is 5. The normalized spacial score (nSPS) is 11.6. The number of nitrogens with one attached hydrogen (secondary N) is 2. The van der Waals surface area contributed by atoms with Crippen LogP contribution in [0.15, 0.2) is 49.1 Å². The number of anilines is 3. The van der Waals surface area contributed by atoms with E-state index in [0.717, 1.165) is 33.4 Å². The average Bonchev–Trinajstić information content (AvgIpc) is 3.13. The first-order chi connectivity index (χ1) is 13.8. The van der Waals surface area contributed by atoms with Crippen LogP contribution in [0, 0.1) is 0 Å². The Bertz CT molecular complexity index is 1160. The Morgan fingerprint density at radius 3 is 2.38 bits per heavy atom. The van der Waals surface area contributed by atoms with Crippen LogP contribution in [-0.2, 0) is 12.6 Å². The highest BCUT2D eigenvalue weighted by molar-refractivity contribution is 6.01. The number of aliphatic hydroxyl groups is 1. The van der Waals surface area contributed by atoms with Crippen LogP contribution in [0.2, 0.25) is 0 Å². The van der Waals surface area contributed by atoms with E-state index < -0.39 is 5.60 Å². The van der Waals surface area contributed by atoms with Gasteiger partial charge in [0.1, 0.15) is 17.5 Å². The number of aryl methyl sites for hydroxylation is 1. The molecule has 0 saturated heterocycles. The summed E-state index contributed by atoms with van der Waals surface area (Å²) in [5, 5.41) is 22.8. The van der Waals surface area contributed by atoms with Crippen molar-refractivity contribution in [3.8, 4) is 11.3 Å². The van der Waals surface area contributed by atoms with Gasteiger partial charge in [-0.15, -0.1) is 0 Å². The summed E-state index contributed by atoms with van der Waals surface area (Å²) in [6.07, 6.45) is 7.16. The molecule has 0 aliphatic rings.